The molecule has 1 aromatic heterocycles. The van der Waals surface area contributed by atoms with Crippen LogP contribution < -0.4 is 10.6 Å². The van der Waals surface area contributed by atoms with Gasteiger partial charge < -0.3 is 10.6 Å². The Balaban J connectivity index is 1.82. The molecule has 2 N–H and O–H groups in total. The summed E-state index contributed by atoms with van der Waals surface area (Å²) in [5.74, 6) is -0.0771. The van der Waals surface area contributed by atoms with Crippen LogP contribution in [-0.2, 0) is 4.79 Å². The van der Waals surface area contributed by atoms with Gasteiger partial charge in [-0.25, -0.2) is 0 Å². The van der Waals surface area contributed by atoms with E-state index in [1.807, 2.05) is 0 Å². The van der Waals surface area contributed by atoms with E-state index in [2.05, 4.69) is 15.6 Å². The van der Waals surface area contributed by atoms with Crippen molar-refractivity contribution < 1.29 is 9.59 Å². The minimum absolute atomic E-state index is 0.0585. The van der Waals surface area contributed by atoms with E-state index in [0.717, 1.165) is 6.42 Å². The molecule has 0 saturated carbocycles. The number of hydrogen-bond acceptors (Lipinski definition) is 3. The fourth-order valence-electron chi connectivity index (χ4n) is 1.65. The first-order chi connectivity index (χ1) is 7.75. The summed E-state index contributed by atoms with van der Waals surface area (Å²) in [4.78, 5) is 26.4. The van der Waals surface area contributed by atoms with E-state index in [9.17, 15) is 9.59 Å². The van der Waals surface area contributed by atoms with Crippen LogP contribution >= 0.6 is 0 Å². The maximum absolute atomic E-state index is 11.6. The lowest BCUT2D eigenvalue weighted by Crippen LogP contribution is -2.38. The second-order valence-electron chi connectivity index (χ2n) is 3.75. The maximum atomic E-state index is 11.6. The van der Waals surface area contributed by atoms with Crippen molar-refractivity contribution in [2.75, 3.05) is 6.54 Å². The number of nitrogens with one attached hydrogen (secondary N) is 2. The quantitative estimate of drug-likeness (QED) is 0.756. The summed E-state index contributed by atoms with van der Waals surface area (Å²) in [7, 11) is 0. The van der Waals surface area contributed by atoms with E-state index < -0.39 is 0 Å². The second kappa shape index (κ2) is 4.74. The van der Waals surface area contributed by atoms with Gasteiger partial charge in [-0.05, 0) is 18.6 Å². The molecule has 1 unspecified atom stereocenters. The van der Waals surface area contributed by atoms with E-state index in [4.69, 9.17) is 0 Å². The van der Waals surface area contributed by atoms with Crippen LogP contribution in [0.15, 0.2) is 24.5 Å². The van der Waals surface area contributed by atoms with E-state index in [1.54, 1.807) is 24.5 Å². The fraction of sp³-hybridized carbons (Fsp3) is 0.364. The summed E-state index contributed by atoms with van der Waals surface area (Å²) >= 11 is 0. The second-order valence-corrected chi connectivity index (χ2v) is 3.75. The number of aromatic nitrogens is 1. The molecule has 0 radical (unpaired) electrons. The van der Waals surface area contributed by atoms with Crippen LogP contribution in [0.4, 0.5) is 0 Å². The molecule has 1 aromatic rings. The summed E-state index contributed by atoms with van der Waals surface area (Å²) in [5.41, 5.74) is 0.583. The van der Waals surface area contributed by atoms with Gasteiger partial charge in [-0.2, -0.15) is 0 Å². The van der Waals surface area contributed by atoms with Gasteiger partial charge in [-0.15, -0.1) is 0 Å². The average molecular weight is 219 g/mol. The number of carbonyl (C=O) groups excluding carboxylic acids is 2. The van der Waals surface area contributed by atoms with Crippen molar-refractivity contribution in [3.63, 3.8) is 0 Å². The first-order valence-electron chi connectivity index (χ1n) is 5.23. The van der Waals surface area contributed by atoms with Crippen LogP contribution in [0.2, 0.25) is 0 Å². The van der Waals surface area contributed by atoms with Gasteiger partial charge in [0.1, 0.15) is 0 Å². The average Bonchev–Trinajstić information content (AvgIpc) is 2.73. The molecule has 1 aliphatic heterocycles. The van der Waals surface area contributed by atoms with Crippen LogP contribution in [0.3, 0.4) is 0 Å². The first kappa shape index (κ1) is 10.6. The van der Waals surface area contributed by atoms with Crippen molar-refractivity contribution in [3.05, 3.63) is 30.1 Å². The molecule has 1 saturated heterocycles. The Morgan fingerprint density at radius 3 is 2.88 bits per heavy atom. The highest BCUT2D eigenvalue weighted by Crippen LogP contribution is 2.05. The van der Waals surface area contributed by atoms with Crippen LogP contribution in [0.5, 0.6) is 0 Å². The third-order valence-electron chi connectivity index (χ3n) is 2.54. The summed E-state index contributed by atoms with van der Waals surface area (Å²) in [6.45, 7) is 0.479. The summed E-state index contributed by atoms with van der Waals surface area (Å²) in [6, 6.07) is 3.38. The summed E-state index contributed by atoms with van der Waals surface area (Å²) < 4.78 is 0. The van der Waals surface area contributed by atoms with Crippen molar-refractivity contribution >= 4 is 11.8 Å². The van der Waals surface area contributed by atoms with E-state index >= 15 is 0 Å². The Morgan fingerprint density at radius 1 is 1.50 bits per heavy atom. The van der Waals surface area contributed by atoms with Crippen molar-refractivity contribution in [1.82, 2.24) is 15.6 Å². The molecule has 5 heteroatoms. The summed E-state index contributed by atoms with van der Waals surface area (Å²) in [6.07, 6.45) is 4.49. The van der Waals surface area contributed by atoms with E-state index in [1.165, 1.54) is 0 Å². The van der Waals surface area contributed by atoms with Crippen LogP contribution in [0.1, 0.15) is 23.2 Å². The number of nitrogens with zero attached hydrogens (tertiary/aromatic N) is 1. The smallest absolute Gasteiger partial charge is 0.251 e. The van der Waals surface area contributed by atoms with Gasteiger partial charge in [0.25, 0.3) is 5.91 Å². The number of carbonyl (C=O) groups is 2. The molecule has 5 nitrogen and oxygen atoms in total. The molecule has 0 spiro atoms. The Kier molecular flexibility index (Phi) is 3.14. The Hall–Kier alpha value is -1.91. The van der Waals surface area contributed by atoms with Gasteiger partial charge >= 0.3 is 0 Å². The molecule has 0 aliphatic carbocycles. The molecule has 2 amide bonds. The molecule has 1 atom stereocenters. The highest BCUT2D eigenvalue weighted by molar-refractivity contribution is 5.94. The highest BCUT2D eigenvalue weighted by Gasteiger charge is 2.20. The predicted molar refractivity (Wildman–Crippen MR) is 57.7 cm³/mol. The molecule has 16 heavy (non-hydrogen) atoms. The zero-order valence-corrected chi connectivity index (χ0v) is 8.77. The minimum Gasteiger partial charge on any atom is -0.352 e. The monoisotopic (exact) mass is 219 g/mol. The third kappa shape index (κ3) is 2.56. The van der Waals surface area contributed by atoms with Gasteiger partial charge in [0, 0.05) is 37.0 Å². The molecule has 84 valence electrons. The normalized spacial score (nSPS) is 19.2. The van der Waals surface area contributed by atoms with Crippen LogP contribution in [-0.4, -0.2) is 29.4 Å². The number of rotatable bonds is 3. The summed E-state index contributed by atoms with van der Waals surface area (Å²) in [5, 5.41) is 5.57. The van der Waals surface area contributed by atoms with E-state index in [-0.39, 0.29) is 17.9 Å². The highest BCUT2D eigenvalue weighted by atomic mass is 16.2. The largest absolute Gasteiger partial charge is 0.352 e. The van der Waals surface area contributed by atoms with Crippen molar-refractivity contribution in [1.29, 1.82) is 0 Å². The van der Waals surface area contributed by atoms with Crippen molar-refractivity contribution in [2.45, 2.75) is 18.9 Å². The van der Waals surface area contributed by atoms with Crippen molar-refractivity contribution in [3.8, 4) is 0 Å². The number of pyridine rings is 1. The van der Waals surface area contributed by atoms with Gasteiger partial charge in [0.2, 0.25) is 5.91 Å². The lowest BCUT2D eigenvalue weighted by atomic mass is 10.2. The molecule has 2 heterocycles. The zero-order valence-electron chi connectivity index (χ0n) is 8.77. The molecule has 0 bridgehead atoms. The Labute approximate surface area is 93.3 Å². The Bertz CT molecular complexity index is 391. The maximum Gasteiger partial charge on any atom is 0.251 e. The Morgan fingerprint density at radius 2 is 2.25 bits per heavy atom. The fourth-order valence-corrected chi connectivity index (χ4v) is 1.65. The van der Waals surface area contributed by atoms with E-state index in [0.29, 0.717) is 18.5 Å². The van der Waals surface area contributed by atoms with Crippen LogP contribution in [0, 0.1) is 0 Å². The lowest BCUT2D eigenvalue weighted by Gasteiger charge is -2.10. The topological polar surface area (TPSA) is 71.1 Å². The molecule has 1 fully saturated rings. The predicted octanol–water partition coefficient (Wildman–Crippen LogP) is 0.0900. The van der Waals surface area contributed by atoms with Gasteiger partial charge in [0.05, 0.1) is 0 Å². The SMILES string of the molecule is O=C1CCC(CNC(=O)c2ccncc2)N1. The van der Waals surface area contributed by atoms with Gasteiger partial charge in [-0.1, -0.05) is 0 Å². The molecular weight excluding hydrogens is 206 g/mol. The zero-order chi connectivity index (χ0) is 11.4. The lowest BCUT2D eigenvalue weighted by molar-refractivity contribution is -0.119. The van der Waals surface area contributed by atoms with Gasteiger partial charge in [0.15, 0.2) is 0 Å². The van der Waals surface area contributed by atoms with Crippen LogP contribution in [0.25, 0.3) is 0 Å². The first-order valence-corrected chi connectivity index (χ1v) is 5.23. The van der Waals surface area contributed by atoms with Crippen molar-refractivity contribution in [2.24, 2.45) is 0 Å². The third-order valence-corrected chi connectivity index (χ3v) is 2.54. The number of amides is 2. The molecular formula is C11H13N3O2. The number of hydrogen-bond donors (Lipinski definition) is 2. The molecule has 0 aromatic carbocycles. The minimum atomic E-state index is -0.136. The van der Waals surface area contributed by atoms with Gasteiger partial charge in [-0.3, -0.25) is 14.6 Å². The molecule has 1 aliphatic rings. The molecule has 2 rings (SSSR count). The standard InChI is InChI=1S/C11H13N3O2/c15-10-2-1-9(14-10)7-13-11(16)8-3-5-12-6-4-8/h3-6,9H,1-2,7H2,(H,13,16)(H,14,15).